The van der Waals surface area contributed by atoms with Crippen molar-refractivity contribution in [3.63, 3.8) is 0 Å². The maximum absolute atomic E-state index is 12.6. The van der Waals surface area contributed by atoms with Crippen molar-refractivity contribution in [1.29, 1.82) is 0 Å². The first-order chi connectivity index (χ1) is 15.5. The molecule has 2 amide bonds. The molecular formula is C24H30N2O6. The molecule has 1 fully saturated rings. The Labute approximate surface area is 188 Å². The lowest BCUT2D eigenvalue weighted by Gasteiger charge is -2.32. The molecule has 2 aromatic carbocycles. The second-order valence-corrected chi connectivity index (χ2v) is 7.37. The number of ether oxygens (including phenoxy) is 4. The molecule has 0 aromatic heterocycles. The molecule has 0 saturated carbocycles. The first-order valence-corrected chi connectivity index (χ1v) is 10.7. The van der Waals surface area contributed by atoms with Crippen LogP contribution in [-0.4, -0.2) is 63.3 Å². The van der Waals surface area contributed by atoms with Gasteiger partial charge in [0.05, 0.1) is 20.8 Å². The van der Waals surface area contributed by atoms with E-state index in [1.807, 2.05) is 25.1 Å². The third-order valence-electron chi connectivity index (χ3n) is 5.33. The highest BCUT2D eigenvalue weighted by atomic mass is 16.5. The number of carbonyl (C=O) groups excluding carboxylic acids is 2. The predicted octanol–water partition coefficient (Wildman–Crippen LogP) is 2.90. The van der Waals surface area contributed by atoms with E-state index in [2.05, 4.69) is 5.32 Å². The molecule has 2 aromatic rings. The van der Waals surface area contributed by atoms with Gasteiger partial charge in [-0.1, -0.05) is 12.1 Å². The SMILES string of the molecule is CCOc1ccccc1OCC(=O)N1CCC(NC(=O)c2ccc(OC)c(OC)c2)CC1. The number of nitrogens with zero attached hydrogens (tertiary/aromatic N) is 1. The molecule has 1 aliphatic heterocycles. The van der Waals surface area contributed by atoms with E-state index in [-0.39, 0.29) is 24.5 Å². The Morgan fingerprint density at radius 3 is 2.22 bits per heavy atom. The Morgan fingerprint density at radius 2 is 1.59 bits per heavy atom. The number of amides is 2. The van der Waals surface area contributed by atoms with Gasteiger partial charge in [0.15, 0.2) is 29.6 Å². The topological polar surface area (TPSA) is 86.3 Å². The number of nitrogens with one attached hydrogen (secondary N) is 1. The maximum atomic E-state index is 12.6. The number of hydrogen-bond donors (Lipinski definition) is 1. The second-order valence-electron chi connectivity index (χ2n) is 7.37. The van der Waals surface area contributed by atoms with Gasteiger partial charge in [-0.3, -0.25) is 9.59 Å². The summed E-state index contributed by atoms with van der Waals surface area (Å²) in [5, 5.41) is 3.04. The molecule has 3 rings (SSSR count). The fourth-order valence-corrected chi connectivity index (χ4v) is 3.59. The van der Waals surface area contributed by atoms with Crippen molar-refractivity contribution in [3.8, 4) is 23.0 Å². The van der Waals surface area contributed by atoms with E-state index >= 15 is 0 Å². The molecule has 1 heterocycles. The Balaban J connectivity index is 1.47. The molecule has 1 saturated heterocycles. The van der Waals surface area contributed by atoms with Gasteiger partial charge >= 0.3 is 0 Å². The number of para-hydroxylation sites is 2. The van der Waals surface area contributed by atoms with Crippen LogP contribution in [-0.2, 0) is 4.79 Å². The van der Waals surface area contributed by atoms with Crippen LogP contribution in [0.1, 0.15) is 30.1 Å². The van der Waals surface area contributed by atoms with Crippen molar-refractivity contribution in [1.82, 2.24) is 10.2 Å². The molecule has 172 valence electrons. The minimum atomic E-state index is -0.174. The fraction of sp³-hybridized carbons (Fsp3) is 0.417. The van der Waals surface area contributed by atoms with Crippen LogP contribution in [0.5, 0.6) is 23.0 Å². The highest BCUT2D eigenvalue weighted by Crippen LogP contribution is 2.28. The zero-order valence-electron chi connectivity index (χ0n) is 18.8. The lowest BCUT2D eigenvalue weighted by atomic mass is 10.0. The minimum Gasteiger partial charge on any atom is -0.493 e. The summed E-state index contributed by atoms with van der Waals surface area (Å²) in [7, 11) is 3.08. The van der Waals surface area contributed by atoms with Crippen LogP contribution in [0.3, 0.4) is 0 Å². The lowest BCUT2D eigenvalue weighted by molar-refractivity contribution is -0.134. The summed E-state index contributed by atoms with van der Waals surface area (Å²) in [6.45, 7) is 3.50. The molecule has 0 bridgehead atoms. The van der Waals surface area contributed by atoms with Gasteiger partial charge in [-0.15, -0.1) is 0 Å². The van der Waals surface area contributed by atoms with E-state index in [0.29, 0.717) is 61.1 Å². The van der Waals surface area contributed by atoms with Crippen molar-refractivity contribution in [3.05, 3.63) is 48.0 Å². The third kappa shape index (κ3) is 5.84. The van der Waals surface area contributed by atoms with Crippen LogP contribution in [0.25, 0.3) is 0 Å². The van der Waals surface area contributed by atoms with E-state index in [0.717, 1.165) is 0 Å². The molecule has 0 atom stereocenters. The van der Waals surface area contributed by atoms with Crippen LogP contribution in [0.15, 0.2) is 42.5 Å². The van der Waals surface area contributed by atoms with Crippen LogP contribution in [0, 0.1) is 0 Å². The van der Waals surface area contributed by atoms with Gasteiger partial charge in [0.2, 0.25) is 0 Å². The summed E-state index contributed by atoms with van der Waals surface area (Å²) in [6.07, 6.45) is 1.36. The number of rotatable bonds is 9. The monoisotopic (exact) mass is 442 g/mol. The van der Waals surface area contributed by atoms with E-state index in [4.69, 9.17) is 18.9 Å². The highest BCUT2D eigenvalue weighted by Gasteiger charge is 2.25. The third-order valence-corrected chi connectivity index (χ3v) is 5.33. The fourth-order valence-electron chi connectivity index (χ4n) is 3.59. The summed E-state index contributed by atoms with van der Waals surface area (Å²) in [4.78, 5) is 27.0. The standard InChI is InChI=1S/C24H30N2O6/c1-4-31-20-7-5-6-8-21(20)32-16-23(27)26-13-11-18(12-14-26)25-24(28)17-9-10-19(29-2)22(15-17)30-3/h5-10,15,18H,4,11-14,16H2,1-3H3,(H,25,28). The lowest BCUT2D eigenvalue weighted by Crippen LogP contribution is -2.47. The summed E-state index contributed by atoms with van der Waals surface area (Å²) < 4.78 is 21.7. The van der Waals surface area contributed by atoms with Crippen LogP contribution >= 0.6 is 0 Å². The first-order valence-electron chi connectivity index (χ1n) is 10.7. The largest absolute Gasteiger partial charge is 0.493 e. The molecule has 1 N–H and O–H groups in total. The van der Waals surface area contributed by atoms with Crippen molar-refractivity contribution >= 4 is 11.8 Å². The van der Waals surface area contributed by atoms with Crippen LogP contribution < -0.4 is 24.3 Å². The smallest absolute Gasteiger partial charge is 0.260 e. The van der Waals surface area contributed by atoms with Gasteiger partial charge in [-0.2, -0.15) is 0 Å². The zero-order valence-corrected chi connectivity index (χ0v) is 18.8. The number of hydrogen-bond acceptors (Lipinski definition) is 6. The predicted molar refractivity (Wildman–Crippen MR) is 120 cm³/mol. The molecule has 1 aliphatic rings. The number of benzene rings is 2. The summed E-state index contributed by atoms with van der Waals surface area (Å²) in [5.74, 6) is 2.00. The summed E-state index contributed by atoms with van der Waals surface area (Å²) in [6, 6.07) is 12.4. The number of likely N-dealkylation sites (tertiary alicyclic amines) is 1. The Hall–Kier alpha value is -3.42. The second kappa shape index (κ2) is 11.3. The van der Waals surface area contributed by atoms with Gasteiger partial charge in [0, 0.05) is 24.7 Å². The van der Waals surface area contributed by atoms with Crippen molar-refractivity contribution < 1.29 is 28.5 Å². The van der Waals surface area contributed by atoms with Gasteiger partial charge in [0.25, 0.3) is 11.8 Å². The molecule has 8 nitrogen and oxygen atoms in total. The van der Waals surface area contributed by atoms with Gasteiger partial charge < -0.3 is 29.2 Å². The average Bonchev–Trinajstić information content (AvgIpc) is 2.83. The molecular weight excluding hydrogens is 412 g/mol. The van der Waals surface area contributed by atoms with E-state index in [9.17, 15) is 9.59 Å². The van der Waals surface area contributed by atoms with Gasteiger partial charge in [0.1, 0.15) is 0 Å². The molecule has 0 unspecified atom stereocenters. The van der Waals surface area contributed by atoms with Crippen molar-refractivity contribution in [2.75, 3.05) is 40.5 Å². The Kier molecular flexibility index (Phi) is 8.19. The van der Waals surface area contributed by atoms with Crippen LogP contribution in [0.2, 0.25) is 0 Å². The number of piperidine rings is 1. The quantitative estimate of drug-likeness (QED) is 0.643. The van der Waals surface area contributed by atoms with Gasteiger partial charge in [-0.05, 0) is 50.1 Å². The minimum absolute atomic E-state index is 0.000699. The first kappa shape index (κ1) is 23.2. The van der Waals surface area contributed by atoms with Crippen molar-refractivity contribution in [2.24, 2.45) is 0 Å². The summed E-state index contributed by atoms with van der Waals surface area (Å²) >= 11 is 0. The molecule has 0 aliphatic carbocycles. The molecule has 0 spiro atoms. The number of carbonyl (C=O) groups is 2. The van der Waals surface area contributed by atoms with E-state index < -0.39 is 0 Å². The Morgan fingerprint density at radius 1 is 0.938 bits per heavy atom. The normalized spacial score (nSPS) is 13.9. The van der Waals surface area contributed by atoms with Gasteiger partial charge in [-0.25, -0.2) is 0 Å². The molecule has 8 heteroatoms. The zero-order chi connectivity index (χ0) is 22.9. The Bertz CT molecular complexity index is 924. The summed E-state index contributed by atoms with van der Waals surface area (Å²) in [5.41, 5.74) is 0.502. The molecule has 0 radical (unpaired) electrons. The number of methoxy groups -OCH3 is 2. The average molecular weight is 443 g/mol. The maximum Gasteiger partial charge on any atom is 0.260 e. The van der Waals surface area contributed by atoms with Crippen LogP contribution in [0.4, 0.5) is 0 Å². The van der Waals surface area contributed by atoms with Crippen molar-refractivity contribution in [2.45, 2.75) is 25.8 Å². The van der Waals surface area contributed by atoms with E-state index in [1.54, 1.807) is 36.3 Å². The van der Waals surface area contributed by atoms with E-state index in [1.165, 1.54) is 7.11 Å². The highest BCUT2D eigenvalue weighted by molar-refractivity contribution is 5.95. The molecule has 32 heavy (non-hydrogen) atoms.